The van der Waals surface area contributed by atoms with E-state index >= 15 is 0 Å². The Kier molecular flexibility index (Phi) is 6.77. The third-order valence-corrected chi connectivity index (χ3v) is 11.2. The summed E-state index contributed by atoms with van der Waals surface area (Å²) in [7, 11) is 0. The number of amides is 2. The maximum absolute atomic E-state index is 11.6. The second-order valence-electron chi connectivity index (χ2n) is 12.6. The van der Waals surface area contributed by atoms with E-state index in [4.69, 9.17) is 0 Å². The number of unbranched alkanes of at least 4 members (excludes halogenated alkanes) is 3. The van der Waals surface area contributed by atoms with Gasteiger partial charge in [-0.15, -0.1) is 0 Å². The summed E-state index contributed by atoms with van der Waals surface area (Å²) in [5.74, 6) is 3.65. The summed E-state index contributed by atoms with van der Waals surface area (Å²) < 4.78 is 0. The Balaban J connectivity index is 1.07. The Morgan fingerprint density at radius 3 is 2.39 bits per heavy atom. The van der Waals surface area contributed by atoms with Crippen LogP contribution in [0.1, 0.15) is 104 Å². The molecule has 0 aromatic heterocycles. The fraction of sp³-hybridized carbons (Fsp3) is 0.862. The molecular formula is C29H46N2O2. The predicted molar refractivity (Wildman–Crippen MR) is 132 cm³/mol. The lowest BCUT2D eigenvalue weighted by atomic mass is 9.45. The SMILES string of the molecule is C[C@]12CCC3C(CC[C@@H]4CCCC[C@]34C)C1CC[C@H]2NCCCCCCN1C(=O)C=CC1=O. The van der Waals surface area contributed by atoms with Crippen molar-refractivity contribution in [3.05, 3.63) is 12.2 Å². The van der Waals surface area contributed by atoms with Gasteiger partial charge in [0, 0.05) is 24.7 Å². The molecule has 1 N–H and O–H groups in total. The Morgan fingerprint density at radius 2 is 1.58 bits per heavy atom. The highest BCUT2D eigenvalue weighted by atomic mass is 16.2. The molecule has 4 nitrogen and oxygen atoms in total. The minimum atomic E-state index is -0.147. The van der Waals surface area contributed by atoms with Gasteiger partial charge in [0.1, 0.15) is 0 Å². The van der Waals surface area contributed by atoms with E-state index in [1.54, 1.807) is 0 Å². The average molecular weight is 455 g/mol. The maximum atomic E-state index is 11.6. The standard InChI is InChI=1S/C29H46N2O2/c1-28-17-6-5-9-21(28)10-11-22-23-12-13-25(29(23,2)18-16-24(22)28)30-19-7-3-4-8-20-31-26(32)14-15-27(31)33/h14-15,21-25,30H,3-13,16-20H2,1-2H3/t21-,22?,23?,24?,25+,28-,29-/m0/s1. The molecule has 0 spiro atoms. The van der Waals surface area contributed by atoms with Gasteiger partial charge in [0.25, 0.3) is 11.8 Å². The number of rotatable bonds is 8. The van der Waals surface area contributed by atoms with Crippen molar-refractivity contribution in [2.45, 2.75) is 110 Å². The van der Waals surface area contributed by atoms with Gasteiger partial charge in [0.05, 0.1) is 0 Å². The first-order valence-electron chi connectivity index (χ1n) is 14.2. The van der Waals surface area contributed by atoms with E-state index in [1.165, 1.54) is 94.1 Å². The molecule has 33 heavy (non-hydrogen) atoms. The summed E-state index contributed by atoms with van der Waals surface area (Å²) in [5, 5.41) is 4.00. The summed E-state index contributed by atoms with van der Waals surface area (Å²) in [6.45, 7) is 7.01. The molecule has 0 aromatic rings. The highest BCUT2D eigenvalue weighted by Gasteiger charge is 2.59. The van der Waals surface area contributed by atoms with Crippen LogP contribution in [0, 0.1) is 34.5 Å². The van der Waals surface area contributed by atoms with Crippen LogP contribution < -0.4 is 5.32 Å². The van der Waals surface area contributed by atoms with E-state index in [0.717, 1.165) is 43.1 Å². The molecule has 5 rings (SSSR count). The van der Waals surface area contributed by atoms with E-state index in [2.05, 4.69) is 19.2 Å². The Labute approximate surface area is 201 Å². The zero-order valence-corrected chi connectivity index (χ0v) is 21.1. The second-order valence-corrected chi connectivity index (χ2v) is 12.6. The molecule has 0 saturated heterocycles. The predicted octanol–water partition coefficient (Wildman–Crippen LogP) is 5.86. The molecule has 5 aliphatic rings. The Morgan fingerprint density at radius 1 is 0.818 bits per heavy atom. The number of carbonyl (C=O) groups is 2. The van der Waals surface area contributed by atoms with Crippen LogP contribution in [0.2, 0.25) is 0 Å². The van der Waals surface area contributed by atoms with Crippen molar-refractivity contribution < 1.29 is 9.59 Å². The molecule has 0 radical (unpaired) electrons. The van der Waals surface area contributed by atoms with Gasteiger partial charge >= 0.3 is 0 Å². The lowest BCUT2D eigenvalue weighted by Crippen LogP contribution is -2.55. The van der Waals surface area contributed by atoms with Gasteiger partial charge in [-0.25, -0.2) is 0 Å². The summed E-state index contributed by atoms with van der Waals surface area (Å²) in [5.41, 5.74) is 1.15. The minimum absolute atomic E-state index is 0.147. The molecule has 3 unspecified atom stereocenters. The van der Waals surface area contributed by atoms with Crippen LogP contribution in [0.15, 0.2) is 12.2 Å². The third-order valence-electron chi connectivity index (χ3n) is 11.2. The van der Waals surface area contributed by atoms with Crippen molar-refractivity contribution in [2.75, 3.05) is 13.1 Å². The molecule has 4 heteroatoms. The molecule has 184 valence electrons. The Bertz CT molecular complexity index is 760. The first-order chi connectivity index (χ1) is 15.9. The summed E-state index contributed by atoms with van der Waals surface area (Å²) >= 11 is 0. The van der Waals surface area contributed by atoms with Crippen molar-refractivity contribution in [1.82, 2.24) is 10.2 Å². The van der Waals surface area contributed by atoms with Crippen molar-refractivity contribution in [1.29, 1.82) is 0 Å². The van der Waals surface area contributed by atoms with Crippen LogP contribution in [0.4, 0.5) is 0 Å². The van der Waals surface area contributed by atoms with Crippen LogP contribution in [-0.2, 0) is 9.59 Å². The average Bonchev–Trinajstić information content (AvgIpc) is 3.31. The summed E-state index contributed by atoms with van der Waals surface area (Å²) in [6.07, 6.45) is 21.9. The highest BCUT2D eigenvalue weighted by Crippen LogP contribution is 2.66. The van der Waals surface area contributed by atoms with Crippen molar-refractivity contribution >= 4 is 11.8 Å². The zero-order chi connectivity index (χ0) is 23.1. The van der Waals surface area contributed by atoms with Crippen molar-refractivity contribution in [2.24, 2.45) is 34.5 Å². The first-order valence-corrected chi connectivity index (χ1v) is 14.2. The molecule has 2 amide bonds. The van der Waals surface area contributed by atoms with E-state index < -0.39 is 0 Å². The van der Waals surface area contributed by atoms with Crippen LogP contribution in [-0.4, -0.2) is 35.8 Å². The fourth-order valence-electron chi connectivity index (χ4n) is 9.31. The molecule has 4 aliphatic carbocycles. The van der Waals surface area contributed by atoms with Gasteiger partial charge in [0.15, 0.2) is 0 Å². The van der Waals surface area contributed by atoms with E-state index in [-0.39, 0.29) is 11.8 Å². The fourth-order valence-corrected chi connectivity index (χ4v) is 9.31. The van der Waals surface area contributed by atoms with Gasteiger partial charge in [-0.05, 0) is 105 Å². The number of hydrogen-bond acceptors (Lipinski definition) is 3. The van der Waals surface area contributed by atoms with Crippen LogP contribution in [0.25, 0.3) is 0 Å². The molecule has 0 aromatic carbocycles. The quantitative estimate of drug-likeness (QED) is 0.369. The summed E-state index contributed by atoms with van der Waals surface area (Å²) in [4.78, 5) is 24.6. The van der Waals surface area contributed by atoms with Gasteiger partial charge < -0.3 is 5.32 Å². The number of fused-ring (bicyclic) bond motifs is 5. The smallest absolute Gasteiger partial charge is 0.253 e. The lowest BCUT2D eigenvalue weighted by Gasteiger charge is -2.60. The van der Waals surface area contributed by atoms with Crippen LogP contribution in [0.3, 0.4) is 0 Å². The second kappa shape index (κ2) is 9.47. The number of imide groups is 1. The molecular weight excluding hydrogens is 408 g/mol. The summed E-state index contributed by atoms with van der Waals surface area (Å²) in [6, 6.07) is 0.700. The number of nitrogens with one attached hydrogen (secondary N) is 1. The van der Waals surface area contributed by atoms with Crippen LogP contribution in [0.5, 0.6) is 0 Å². The normalized spacial score (nSPS) is 42.4. The van der Waals surface area contributed by atoms with Crippen LogP contribution >= 0.6 is 0 Å². The van der Waals surface area contributed by atoms with Gasteiger partial charge in [-0.1, -0.05) is 39.5 Å². The topological polar surface area (TPSA) is 49.4 Å². The number of hydrogen-bond donors (Lipinski definition) is 1. The molecule has 0 bridgehead atoms. The number of nitrogens with zero attached hydrogens (tertiary/aromatic N) is 1. The van der Waals surface area contributed by atoms with Gasteiger partial charge in [0.2, 0.25) is 0 Å². The van der Waals surface area contributed by atoms with E-state index in [9.17, 15) is 9.59 Å². The largest absolute Gasteiger partial charge is 0.313 e. The first kappa shape index (κ1) is 23.6. The zero-order valence-electron chi connectivity index (χ0n) is 21.1. The lowest BCUT2D eigenvalue weighted by molar-refractivity contribution is -0.136. The van der Waals surface area contributed by atoms with Crippen molar-refractivity contribution in [3.8, 4) is 0 Å². The van der Waals surface area contributed by atoms with Gasteiger partial charge in [-0.2, -0.15) is 0 Å². The molecule has 4 saturated carbocycles. The third kappa shape index (κ3) is 4.23. The monoisotopic (exact) mass is 454 g/mol. The van der Waals surface area contributed by atoms with E-state index in [1.807, 2.05) is 0 Å². The van der Waals surface area contributed by atoms with Crippen molar-refractivity contribution in [3.63, 3.8) is 0 Å². The van der Waals surface area contributed by atoms with E-state index in [0.29, 0.717) is 23.4 Å². The molecule has 4 fully saturated rings. The molecule has 1 heterocycles. The minimum Gasteiger partial charge on any atom is -0.313 e. The number of carbonyl (C=O) groups excluding carboxylic acids is 2. The molecule has 7 atom stereocenters. The Hall–Kier alpha value is -1.16. The molecule has 1 aliphatic heterocycles. The highest BCUT2D eigenvalue weighted by molar-refractivity contribution is 6.12. The maximum Gasteiger partial charge on any atom is 0.253 e. The van der Waals surface area contributed by atoms with Gasteiger partial charge in [-0.3, -0.25) is 14.5 Å².